The van der Waals surface area contributed by atoms with Gasteiger partial charge >= 0.3 is 0 Å². The Labute approximate surface area is 205 Å². The van der Waals surface area contributed by atoms with E-state index in [9.17, 15) is 22.0 Å². The van der Waals surface area contributed by atoms with E-state index in [-0.39, 0.29) is 33.6 Å². The molecule has 178 valence electrons. The number of carbonyl (C=O) groups excluding carboxylic acids is 1. The fraction of sp³-hybridized carbons (Fsp3) is 0.174. The van der Waals surface area contributed by atoms with E-state index in [0.29, 0.717) is 22.5 Å². The van der Waals surface area contributed by atoms with Crippen LogP contribution < -0.4 is 14.9 Å². The maximum absolute atomic E-state index is 14.4. The molecule has 1 amide bonds. The Kier molecular flexibility index (Phi) is 6.56. The van der Waals surface area contributed by atoms with E-state index in [1.807, 2.05) is 0 Å². The molecule has 1 aliphatic heterocycles. The molecule has 0 bridgehead atoms. The number of sulfonamides is 1. The highest BCUT2D eigenvalue weighted by atomic mass is 35.5. The zero-order chi connectivity index (χ0) is 24.8. The van der Waals surface area contributed by atoms with Gasteiger partial charge in [0.1, 0.15) is 12.0 Å². The number of alkyl halides is 1. The molecule has 11 heteroatoms. The second-order valence-electron chi connectivity index (χ2n) is 7.85. The molecular weight excluding hydrogens is 507 g/mol. The summed E-state index contributed by atoms with van der Waals surface area (Å²) in [6, 6.07) is 12.9. The highest BCUT2D eigenvalue weighted by Gasteiger charge is 2.31. The Hall–Kier alpha value is -2.72. The molecule has 1 fully saturated rings. The van der Waals surface area contributed by atoms with E-state index in [1.165, 1.54) is 42.3 Å². The van der Waals surface area contributed by atoms with E-state index in [2.05, 4.69) is 0 Å². The molecule has 34 heavy (non-hydrogen) atoms. The SMILES string of the molecule is CN(C(=O)c1c(F)cccc1Cl)c1ccc(-c2cc(S(N)(=O)=O)ccc2Cl)cc1N1CC(F)C1. The lowest BCUT2D eigenvalue weighted by molar-refractivity contribution is 0.0989. The molecule has 3 aromatic rings. The van der Waals surface area contributed by atoms with E-state index >= 15 is 0 Å². The first-order valence-corrected chi connectivity index (χ1v) is 12.4. The van der Waals surface area contributed by atoms with Gasteiger partial charge in [-0.2, -0.15) is 0 Å². The molecule has 0 atom stereocenters. The van der Waals surface area contributed by atoms with Crippen molar-refractivity contribution in [1.29, 1.82) is 0 Å². The minimum atomic E-state index is -3.97. The number of carbonyl (C=O) groups is 1. The van der Waals surface area contributed by atoms with Crippen molar-refractivity contribution < 1.29 is 22.0 Å². The number of rotatable bonds is 5. The van der Waals surface area contributed by atoms with Crippen LogP contribution in [0, 0.1) is 5.82 Å². The molecule has 0 unspecified atom stereocenters. The largest absolute Gasteiger partial charge is 0.364 e. The van der Waals surface area contributed by atoms with E-state index in [4.69, 9.17) is 28.3 Å². The number of nitrogens with zero attached hydrogens (tertiary/aromatic N) is 2. The van der Waals surface area contributed by atoms with Crippen molar-refractivity contribution in [2.24, 2.45) is 5.14 Å². The second kappa shape index (κ2) is 9.14. The van der Waals surface area contributed by atoms with Gasteiger partial charge in [0, 0.05) is 17.6 Å². The fourth-order valence-corrected chi connectivity index (χ4v) is 4.74. The maximum atomic E-state index is 14.4. The molecule has 1 aliphatic rings. The highest BCUT2D eigenvalue weighted by molar-refractivity contribution is 7.89. The highest BCUT2D eigenvalue weighted by Crippen LogP contribution is 2.39. The van der Waals surface area contributed by atoms with Gasteiger partial charge in [0.2, 0.25) is 10.0 Å². The van der Waals surface area contributed by atoms with Crippen LogP contribution in [0.3, 0.4) is 0 Å². The predicted octanol–water partition coefficient (Wildman–Crippen LogP) is 4.88. The summed E-state index contributed by atoms with van der Waals surface area (Å²) in [5, 5.41) is 5.49. The van der Waals surface area contributed by atoms with Crippen molar-refractivity contribution in [3.63, 3.8) is 0 Å². The summed E-state index contributed by atoms with van der Waals surface area (Å²) < 4.78 is 51.7. The van der Waals surface area contributed by atoms with Crippen LogP contribution in [-0.2, 0) is 10.0 Å². The summed E-state index contributed by atoms with van der Waals surface area (Å²) in [5.74, 6) is -1.44. The van der Waals surface area contributed by atoms with Gasteiger partial charge in [-0.15, -0.1) is 0 Å². The molecule has 0 radical (unpaired) electrons. The first kappa shape index (κ1) is 24.4. The number of nitrogens with two attached hydrogens (primary N) is 1. The third kappa shape index (κ3) is 4.61. The van der Waals surface area contributed by atoms with Crippen molar-refractivity contribution in [2.75, 3.05) is 29.9 Å². The van der Waals surface area contributed by atoms with Crippen molar-refractivity contribution >= 4 is 50.5 Å². The lowest BCUT2D eigenvalue weighted by atomic mass is 10.0. The van der Waals surface area contributed by atoms with Gasteiger partial charge in [0.15, 0.2) is 0 Å². The van der Waals surface area contributed by atoms with Gasteiger partial charge in [-0.05, 0) is 48.0 Å². The molecular formula is C23H19Cl2F2N3O3S. The fourth-order valence-electron chi connectivity index (χ4n) is 3.73. The second-order valence-corrected chi connectivity index (χ2v) is 10.2. The average Bonchev–Trinajstić information content (AvgIpc) is 2.75. The molecule has 3 aromatic carbocycles. The Bertz CT molecular complexity index is 1380. The van der Waals surface area contributed by atoms with Gasteiger partial charge in [-0.25, -0.2) is 22.3 Å². The van der Waals surface area contributed by atoms with E-state index in [1.54, 1.807) is 23.1 Å². The van der Waals surface area contributed by atoms with Gasteiger partial charge in [0.25, 0.3) is 5.91 Å². The smallest absolute Gasteiger partial charge is 0.262 e. The Morgan fingerprint density at radius 1 is 1.09 bits per heavy atom. The molecule has 0 spiro atoms. The zero-order valence-corrected chi connectivity index (χ0v) is 20.1. The molecule has 2 N–H and O–H groups in total. The van der Waals surface area contributed by atoms with Crippen LogP contribution in [-0.4, -0.2) is 40.6 Å². The number of amides is 1. The van der Waals surface area contributed by atoms with Crippen LogP contribution in [0.2, 0.25) is 10.0 Å². The van der Waals surface area contributed by atoms with E-state index in [0.717, 1.165) is 6.07 Å². The monoisotopic (exact) mass is 525 g/mol. The minimum Gasteiger partial charge on any atom is -0.364 e. The summed E-state index contributed by atoms with van der Waals surface area (Å²) in [4.78, 5) is 15.9. The third-order valence-electron chi connectivity index (χ3n) is 5.57. The van der Waals surface area contributed by atoms with Crippen molar-refractivity contribution in [3.8, 4) is 11.1 Å². The summed E-state index contributed by atoms with van der Waals surface area (Å²) in [6.45, 7) is 0.202. The third-order valence-corrected chi connectivity index (χ3v) is 7.13. The number of primary sulfonamides is 1. The average molecular weight is 526 g/mol. The van der Waals surface area contributed by atoms with Crippen LogP contribution >= 0.6 is 23.2 Å². The normalized spacial score (nSPS) is 14.1. The van der Waals surface area contributed by atoms with E-state index < -0.39 is 27.9 Å². The van der Waals surface area contributed by atoms with Crippen LogP contribution in [0.15, 0.2) is 59.5 Å². The van der Waals surface area contributed by atoms with Crippen molar-refractivity contribution in [2.45, 2.75) is 11.1 Å². The molecule has 1 saturated heterocycles. The number of hydrogen-bond donors (Lipinski definition) is 1. The van der Waals surface area contributed by atoms with Gasteiger partial charge in [0.05, 0.1) is 39.9 Å². The molecule has 0 aromatic heterocycles. The molecule has 0 saturated carbocycles. The predicted molar refractivity (Wildman–Crippen MR) is 130 cm³/mol. The summed E-state index contributed by atoms with van der Waals surface area (Å²) in [7, 11) is -2.51. The van der Waals surface area contributed by atoms with Crippen LogP contribution in [0.1, 0.15) is 10.4 Å². The minimum absolute atomic E-state index is 0.0330. The molecule has 0 aliphatic carbocycles. The van der Waals surface area contributed by atoms with Gasteiger partial charge in [-0.1, -0.05) is 35.3 Å². The Morgan fingerprint density at radius 3 is 2.41 bits per heavy atom. The molecule has 1 heterocycles. The summed E-state index contributed by atoms with van der Waals surface area (Å²) in [6.07, 6.45) is -1.03. The topological polar surface area (TPSA) is 83.7 Å². The van der Waals surface area contributed by atoms with Gasteiger partial charge < -0.3 is 9.80 Å². The summed E-state index contributed by atoms with van der Waals surface area (Å²) in [5.41, 5.74) is 1.52. The lowest BCUT2D eigenvalue weighted by Gasteiger charge is -2.39. The number of benzene rings is 3. The number of anilines is 2. The van der Waals surface area contributed by atoms with Gasteiger partial charge in [-0.3, -0.25) is 4.79 Å². The Morgan fingerprint density at radius 2 is 1.79 bits per heavy atom. The van der Waals surface area contributed by atoms with Crippen LogP contribution in [0.5, 0.6) is 0 Å². The first-order chi connectivity index (χ1) is 16.0. The zero-order valence-electron chi connectivity index (χ0n) is 17.8. The van der Waals surface area contributed by atoms with Crippen LogP contribution in [0.4, 0.5) is 20.2 Å². The van der Waals surface area contributed by atoms with Crippen molar-refractivity contribution in [3.05, 3.63) is 76.0 Å². The van der Waals surface area contributed by atoms with Crippen molar-refractivity contribution in [1.82, 2.24) is 0 Å². The molecule has 4 rings (SSSR count). The quantitative estimate of drug-likeness (QED) is 0.514. The lowest BCUT2D eigenvalue weighted by Crippen LogP contribution is -2.49. The van der Waals surface area contributed by atoms with Crippen LogP contribution in [0.25, 0.3) is 11.1 Å². The Balaban J connectivity index is 1.81. The molecule has 6 nitrogen and oxygen atoms in total. The first-order valence-electron chi connectivity index (χ1n) is 10.0. The summed E-state index contributed by atoms with van der Waals surface area (Å²) >= 11 is 12.4. The number of hydrogen-bond acceptors (Lipinski definition) is 4. The maximum Gasteiger partial charge on any atom is 0.262 e. The standard InChI is InChI=1S/C23H19Cl2F2N3O3S/c1-29(23(31)22-18(25)3-2-4-19(22)27)20-8-5-13(9-21(20)30-11-14(26)12-30)16-10-15(34(28,32)33)6-7-17(16)24/h2-10,14H,11-12H2,1H3,(H2,28,32,33). The number of halogens is 4.